The van der Waals surface area contributed by atoms with Crippen LogP contribution in [-0.2, 0) is 4.79 Å². The minimum atomic E-state index is -0.227. The highest BCUT2D eigenvalue weighted by Crippen LogP contribution is 2.59. The number of nitrogens with two attached hydrogens (primary N) is 1. The maximum absolute atomic E-state index is 11.1. The van der Waals surface area contributed by atoms with Crippen molar-refractivity contribution in [2.24, 2.45) is 28.9 Å². The average molecular weight is 236 g/mol. The van der Waals surface area contributed by atoms with Gasteiger partial charge >= 0.3 is 0 Å². The van der Waals surface area contributed by atoms with E-state index in [9.17, 15) is 4.79 Å². The molecule has 4 aliphatic carbocycles. The van der Waals surface area contributed by atoms with Crippen LogP contribution in [0, 0.1) is 23.2 Å². The molecule has 1 atom stereocenters. The van der Waals surface area contributed by atoms with E-state index < -0.39 is 0 Å². The van der Waals surface area contributed by atoms with E-state index in [2.05, 4.69) is 5.32 Å². The van der Waals surface area contributed by atoms with Crippen LogP contribution in [0.2, 0.25) is 0 Å². The molecule has 0 aromatic carbocycles. The van der Waals surface area contributed by atoms with Crippen LogP contribution >= 0.6 is 0 Å². The van der Waals surface area contributed by atoms with Crippen LogP contribution in [-0.4, -0.2) is 18.5 Å². The molecule has 0 heterocycles. The Morgan fingerprint density at radius 1 is 1.24 bits per heavy atom. The van der Waals surface area contributed by atoms with Crippen molar-refractivity contribution in [3.63, 3.8) is 0 Å². The fourth-order valence-electron chi connectivity index (χ4n) is 4.98. The first-order chi connectivity index (χ1) is 8.06. The molecule has 4 aliphatic rings. The van der Waals surface area contributed by atoms with Crippen molar-refractivity contribution >= 4 is 5.91 Å². The Bertz CT molecular complexity index is 291. The summed E-state index contributed by atoms with van der Waals surface area (Å²) in [5.74, 6) is 2.71. The van der Waals surface area contributed by atoms with E-state index in [1.165, 1.54) is 38.5 Å². The highest BCUT2D eigenvalue weighted by Gasteiger charge is 2.50. The minimum absolute atomic E-state index is 0.178. The SMILES string of the molecule is CC(NCC12CC3CC(CC(C3)C1)C2)C(N)=O. The lowest BCUT2D eigenvalue weighted by Gasteiger charge is -2.57. The zero-order valence-electron chi connectivity index (χ0n) is 10.7. The maximum Gasteiger partial charge on any atom is 0.234 e. The van der Waals surface area contributed by atoms with Gasteiger partial charge in [-0.15, -0.1) is 0 Å². The predicted octanol–water partition coefficient (Wildman–Crippen LogP) is 1.67. The van der Waals surface area contributed by atoms with Crippen LogP contribution in [0.25, 0.3) is 0 Å². The van der Waals surface area contributed by atoms with Gasteiger partial charge in [-0.3, -0.25) is 4.79 Å². The second kappa shape index (κ2) is 3.98. The van der Waals surface area contributed by atoms with Crippen molar-refractivity contribution in [2.75, 3.05) is 6.54 Å². The number of hydrogen-bond donors (Lipinski definition) is 2. The lowest BCUT2D eigenvalue weighted by Crippen LogP contribution is -2.52. The summed E-state index contributed by atoms with van der Waals surface area (Å²) in [5, 5.41) is 3.36. The first-order valence-electron chi connectivity index (χ1n) is 7.09. The smallest absolute Gasteiger partial charge is 0.234 e. The van der Waals surface area contributed by atoms with E-state index in [4.69, 9.17) is 5.73 Å². The normalized spacial score (nSPS) is 44.9. The van der Waals surface area contributed by atoms with E-state index in [1.54, 1.807) is 0 Å². The summed E-state index contributed by atoms with van der Waals surface area (Å²) in [5.41, 5.74) is 5.81. The van der Waals surface area contributed by atoms with Crippen LogP contribution in [0.4, 0.5) is 0 Å². The van der Waals surface area contributed by atoms with E-state index in [-0.39, 0.29) is 11.9 Å². The molecule has 17 heavy (non-hydrogen) atoms. The van der Waals surface area contributed by atoms with Crippen molar-refractivity contribution in [3.05, 3.63) is 0 Å². The second-order valence-electron chi connectivity index (χ2n) is 6.92. The topological polar surface area (TPSA) is 55.1 Å². The lowest BCUT2D eigenvalue weighted by atomic mass is 9.49. The average Bonchev–Trinajstić information content (AvgIpc) is 2.24. The summed E-state index contributed by atoms with van der Waals surface area (Å²) in [6, 6.07) is -0.178. The molecule has 0 aromatic rings. The monoisotopic (exact) mass is 236 g/mol. The van der Waals surface area contributed by atoms with Crippen molar-refractivity contribution in [2.45, 2.75) is 51.5 Å². The largest absolute Gasteiger partial charge is 0.368 e. The molecule has 96 valence electrons. The van der Waals surface area contributed by atoms with Gasteiger partial charge in [0.1, 0.15) is 0 Å². The quantitative estimate of drug-likeness (QED) is 0.780. The molecule has 0 aliphatic heterocycles. The van der Waals surface area contributed by atoms with E-state index in [0.717, 1.165) is 24.3 Å². The van der Waals surface area contributed by atoms with Crippen molar-refractivity contribution < 1.29 is 4.79 Å². The zero-order valence-corrected chi connectivity index (χ0v) is 10.7. The molecule has 4 fully saturated rings. The van der Waals surface area contributed by atoms with Gasteiger partial charge in [0.2, 0.25) is 5.91 Å². The van der Waals surface area contributed by atoms with Crippen LogP contribution < -0.4 is 11.1 Å². The Morgan fingerprint density at radius 2 is 1.71 bits per heavy atom. The highest BCUT2D eigenvalue weighted by atomic mass is 16.1. The standard InChI is InChI=1S/C14H24N2O/c1-9(13(15)17)16-8-14-5-10-2-11(6-14)4-12(3-10)7-14/h9-12,16H,2-8H2,1H3,(H2,15,17). The fraction of sp³-hybridized carbons (Fsp3) is 0.929. The first kappa shape index (κ1) is 11.5. The highest BCUT2D eigenvalue weighted by molar-refractivity contribution is 5.79. The summed E-state index contributed by atoms with van der Waals surface area (Å²) in [6.07, 6.45) is 8.59. The van der Waals surface area contributed by atoms with Gasteiger partial charge in [-0.1, -0.05) is 0 Å². The molecule has 0 aromatic heterocycles. The summed E-state index contributed by atoms with van der Waals surface area (Å²) in [4.78, 5) is 11.1. The zero-order chi connectivity index (χ0) is 12.0. The molecule has 0 spiro atoms. The van der Waals surface area contributed by atoms with Crippen LogP contribution in [0.1, 0.15) is 45.4 Å². The number of nitrogens with one attached hydrogen (secondary N) is 1. The molecule has 0 saturated heterocycles. The fourth-order valence-corrected chi connectivity index (χ4v) is 4.98. The Morgan fingerprint density at radius 3 is 2.12 bits per heavy atom. The Balaban J connectivity index is 1.64. The van der Waals surface area contributed by atoms with Gasteiger partial charge in [-0.25, -0.2) is 0 Å². The number of carbonyl (C=O) groups is 1. The molecule has 3 heteroatoms. The van der Waals surface area contributed by atoms with Gasteiger partial charge < -0.3 is 11.1 Å². The molecule has 4 rings (SSSR count). The molecule has 4 bridgehead atoms. The first-order valence-corrected chi connectivity index (χ1v) is 7.09. The maximum atomic E-state index is 11.1. The molecular weight excluding hydrogens is 212 g/mol. The number of amides is 1. The summed E-state index contributed by atoms with van der Waals surface area (Å²) in [7, 11) is 0. The Hall–Kier alpha value is -0.570. The second-order valence-corrected chi connectivity index (χ2v) is 6.92. The van der Waals surface area contributed by atoms with Gasteiger partial charge in [-0.05, 0) is 68.6 Å². The summed E-state index contributed by atoms with van der Waals surface area (Å²) >= 11 is 0. The van der Waals surface area contributed by atoms with Crippen molar-refractivity contribution in [1.29, 1.82) is 0 Å². The van der Waals surface area contributed by atoms with E-state index >= 15 is 0 Å². The van der Waals surface area contributed by atoms with Crippen LogP contribution in [0.5, 0.6) is 0 Å². The van der Waals surface area contributed by atoms with Gasteiger partial charge in [-0.2, -0.15) is 0 Å². The molecule has 1 amide bonds. The van der Waals surface area contributed by atoms with Crippen molar-refractivity contribution in [3.8, 4) is 0 Å². The third-order valence-corrected chi connectivity index (χ3v) is 5.38. The lowest BCUT2D eigenvalue weighted by molar-refractivity contribution is -0.120. The number of rotatable bonds is 4. The number of primary amides is 1. The summed E-state index contributed by atoms with van der Waals surface area (Å²) < 4.78 is 0. The Labute approximate surface area is 104 Å². The van der Waals surface area contributed by atoms with Crippen molar-refractivity contribution in [1.82, 2.24) is 5.32 Å². The third-order valence-electron chi connectivity index (χ3n) is 5.38. The molecule has 1 unspecified atom stereocenters. The number of hydrogen-bond acceptors (Lipinski definition) is 2. The van der Waals surface area contributed by atoms with E-state index in [1.807, 2.05) is 6.92 Å². The van der Waals surface area contributed by atoms with Gasteiger partial charge in [0.05, 0.1) is 6.04 Å². The van der Waals surface area contributed by atoms with Crippen LogP contribution in [0.3, 0.4) is 0 Å². The third kappa shape index (κ3) is 2.10. The van der Waals surface area contributed by atoms with Crippen LogP contribution in [0.15, 0.2) is 0 Å². The minimum Gasteiger partial charge on any atom is -0.368 e. The molecule has 3 N–H and O–H groups in total. The molecular formula is C14H24N2O. The summed E-state index contributed by atoms with van der Waals surface area (Å²) in [6.45, 7) is 2.88. The van der Waals surface area contributed by atoms with Gasteiger partial charge in [0.25, 0.3) is 0 Å². The van der Waals surface area contributed by atoms with E-state index in [0.29, 0.717) is 5.41 Å². The van der Waals surface area contributed by atoms with Gasteiger partial charge in [0.15, 0.2) is 0 Å². The number of carbonyl (C=O) groups excluding carboxylic acids is 1. The molecule has 4 saturated carbocycles. The molecule has 3 nitrogen and oxygen atoms in total. The molecule has 0 radical (unpaired) electrons. The Kier molecular flexibility index (Phi) is 2.69. The van der Waals surface area contributed by atoms with Gasteiger partial charge in [0, 0.05) is 6.54 Å². The predicted molar refractivity (Wildman–Crippen MR) is 67.3 cm³/mol.